The van der Waals surface area contributed by atoms with Crippen LogP contribution in [-0.4, -0.2) is 175 Å². The molecule has 5 heterocycles. The number of aliphatic hydroxyl groups is 9. The topological polar surface area (TPSA) is 256 Å². The summed E-state index contributed by atoms with van der Waals surface area (Å²) in [4.78, 5) is 0. The minimum absolute atomic E-state index is 0.0587. The lowest BCUT2D eigenvalue weighted by atomic mass is 9.46. The van der Waals surface area contributed by atoms with Gasteiger partial charge in [-0.25, -0.2) is 0 Å². The van der Waals surface area contributed by atoms with Crippen LogP contribution >= 0.6 is 0 Å². The molecule has 9 aliphatic rings. The predicted molar refractivity (Wildman–Crippen MR) is 214 cm³/mol. The van der Waals surface area contributed by atoms with Gasteiger partial charge in [0.05, 0.1) is 37.6 Å². The molecule has 4 aliphatic carbocycles. The maximum atomic E-state index is 12.7. The molecule has 5 saturated heterocycles. The Balaban J connectivity index is 0.817. The van der Waals surface area contributed by atoms with Gasteiger partial charge in [0.2, 0.25) is 0 Å². The molecule has 26 atom stereocenters. The van der Waals surface area contributed by atoms with Crippen LogP contribution in [0, 0.1) is 40.4 Å². The van der Waals surface area contributed by atoms with Gasteiger partial charge in [-0.3, -0.25) is 0 Å². The zero-order valence-electron chi connectivity index (χ0n) is 36.8. The third-order valence-corrected chi connectivity index (χ3v) is 17.9. The fourth-order valence-corrected chi connectivity index (χ4v) is 13.9. The number of ether oxygens (including phenoxy) is 8. The van der Waals surface area contributed by atoms with E-state index in [1.165, 1.54) is 19.4 Å². The van der Waals surface area contributed by atoms with Crippen molar-refractivity contribution < 1.29 is 83.9 Å². The highest BCUT2D eigenvalue weighted by Crippen LogP contribution is 2.72. The van der Waals surface area contributed by atoms with Crippen molar-refractivity contribution >= 4 is 0 Å². The van der Waals surface area contributed by atoms with E-state index in [1.54, 1.807) is 0 Å². The third-order valence-electron chi connectivity index (χ3n) is 17.9. The van der Waals surface area contributed by atoms with Crippen molar-refractivity contribution in [2.75, 3.05) is 13.2 Å². The summed E-state index contributed by atoms with van der Waals surface area (Å²) in [5, 5.41) is 98.7. The Kier molecular flexibility index (Phi) is 12.4. The van der Waals surface area contributed by atoms with Crippen LogP contribution in [0.4, 0.5) is 0 Å². The molecule has 0 radical (unpaired) electrons. The van der Waals surface area contributed by atoms with Gasteiger partial charge in [-0.05, 0) is 94.3 Å². The van der Waals surface area contributed by atoms with Crippen molar-refractivity contribution in [2.45, 2.75) is 215 Å². The highest BCUT2D eigenvalue weighted by molar-refractivity contribution is 5.29. The Hall–Kier alpha value is -0.940. The van der Waals surface area contributed by atoms with Crippen LogP contribution in [0.1, 0.15) is 99.3 Å². The Morgan fingerprint density at radius 1 is 0.694 bits per heavy atom. The fourth-order valence-electron chi connectivity index (χ4n) is 13.9. The molecule has 17 heteroatoms. The maximum absolute atomic E-state index is 12.7. The summed E-state index contributed by atoms with van der Waals surface area (Å²) >= 11 is 0. The van der Waals surface area contributed by atoms with Crippen LogP contribution in [0.25, 0.3) is 0 Å². The molecule has 0 aromatic heterocycles. The van der Waals surface area contributed by atoms with Gasteiger partial charge in [-0.2, -0.15) is 0 Å². The van der Waals surface area contributed by atoms with E-state index in [4.69, 9.17) is 37.9 Å². The number of rotatable bonds is 7. The molecular weight excluding hydrogens is 812 g/mol. The second-order valence-corrected chi connectivity index (χ2v) is 21.2. The van der Waals surface area contributed by atoms with Gasteiger partial charge < -0.3 is 83.9 Å². The van der Waals surface area contributed by atoms with E-state index in [0.717, 1.165) is 44.9 Å². The number of hydrogen-bond donors (Lipinski definition) is 9. The number of hydrogen-bond acceptors (Lipinski definition) is 17. The molecule has 5 aliphatic heterocycles. The summed E-state index contributed by atoms with van der Waals surface area (Å²) in [6.07, 6.45) is -11.8. The molecule has 62 heavy (non-hydrogen) atoms. The van der Waals surface area contributed by atoms with E-state index < -0.39 is 110 Å². The standard InChI is InChI=1S/C45H72O17/c1-19-9-14-44(55-18-19)22(4)45(54)29(62-44)16-27-25-8-7-23-15-24(10-12-42(23,5)26(25)11-13-43(27,45)6)58-41-36(53)33(50)38(28(17-46)59-41)61-40-35(52)32(49)37(21(3)57-40)60-39-34(51)31(48)30(47)20(2)56-39/h7,19-22,24-41,46-54H,8-18H2,1-6H3. The first-order chi connectivity index (χ1) is 29.3. The minimum atomic E-state index is -1.76. The predicted octanol–water partition coefficient (Wildman–Crippen LogP) is 0.357. The fraction of sp³-hybridized carbons (Fsp3) is 0.956. The normalized spacial score (nSPS) is 58.9. The van der Waals surface area contributed by atoms with Crippen LogP contribution in [0.15, 0.2) is 11.6 Å². The molecule has 1 spiro atoms. The summed E-state index contributed by atoms with van der Waals surface area (Å²) < 4.78 is 48.7. The number of aliphatic hydroxyl groups excluding tert-OH is 8. The van der Waals surface area contributed by atoms with Crippen LogP contribution in [0.5, 0.6) is 0 Å². The first-order valence-electron chi connectivity index (χ1n) is 23.3. The van der Waals surface area contributed by atoms with E-state index in [9.17, 15) is 46.0 Å². The molecule has 354 valence electrons. The maximum Gasteiger partial charge on any atom is 0.187 e. The average molecular weight is 885 g/mol. The van der Waals surface area contributed by atoms with E-state index in [1.807, 2.05) is 0 Å². The molecule has 0 aromatic rings. The van der Waals surface area contributed by atoms with E-state index >= 15 is 0 Å². The van der Waals surface area contributed by atoms with Crippen molar-refractivity contribution in [1.82, 2.24) is 0 Å². The first-order valence-corrected chi connectivity index (χ1v) is 23.3. The van der Waals surface area contributed by atoms with Crippen LogP contribution in [0.2, 0.25) is 0 Å². The van der Waals surface area contributed by atoms with E-state index in [0.29, 0.717) is 43.1 Å². The molecule has 0 aromatic carbocycles. The molecule has 9 N–H and O–H groups in total. The van der Waals surface area contributed by atoms with Gasteiger partial charge in [0, 0.05) is 17.8 Å². The Labute approximate surface area is 363 Å². The lowest BCUT2D eigenvalue weighted by Crippen LogP contribution is -2.65. The van der Waals surface area contributed by atoms with Crippen LogP contribution in [0.3, 0.4) is 0 Å². The van der Waals surface area contributed by atoms with E-state index in [2.05, 4.69) is 33.8 Å². The molecule has 3 saturated carbocycles. The highest BCUT2D eigenvalue weighted by atomic mass is 16.8. The first kappa shape index (κ1) is 46.2. The van der Waals surface area contributed by atoms with Crippen LogP contribution in [-0.2, 0) is 37.9 Å². The van der Waals surface area contributed by atoms with Gasteiger partial charge in [0.25, 0.3) is 0 Å². The summed E-state index contributed by atoms with van der Waals surface area (Å²) in [6.45, 7) is 12.1. The van der Waals surface area contributed by atoms with Gasteiger partial charge in [0.15, 0.2) is 24.7 Å². The van der Waals surface area contributed by atoms with Gasteiger partial charge in [-0.15, -0.1) is 0 Å². The van der Waals surface area contributed by atoms with Gasteiger partial charge in [-0.1, -0.05) is 39.3 Å². The lowest BCUT2D eigenvalue weighted by Gasteiger charge is -2.60. The van der Waals surface area contributed by atoms with Gasteiger partial charge >= 0.3 is 0 Å². The molecule has 0 amide bonds. The summed E-state index contributed by atoms with van der Waals surface area (Å²) in [7, 11) is 0. The molecule has 0 bridgehead atoms. The second kappa shape index (κ2) is 16.7. The Morgan fingerprint density at radius 3 is 2.02 bits per heavy atom. The van der Waals surface area contributed by atoms with Crippen molar-refractivity contribution in [3.63, 3.8) is 0 Å². The minimum Gasteiger partial charge on any atom is -0.394 e. The lowest BCUT2D eigenvalue weighted by molar-refractivity contribution is -0.376. The number of allylic oxidation sites excluding steroid dienone is 1. The highest BCUT2D eigenvalue weighted by Gasteiger charge is 2.76. The molecule has 17 nitrogen and oxygen atoms in total. The van der Waals surface area contributed by atoms with Crippen molar-refractivity contribution in [3.8, 4) is 0 Å². The SMILES string of the molecule is CC1CCC2(OC1)OC1CC3C4CC=C5CC(OC6OC(CO)C(OC7OC(C)C(OC8OC(C)C(O)C(O)C8O)C(O)C7O)C(O)C6O)CCC5(C)C4CCC3(C)C1(O)C2C. The summed E-state index contributed by atoms with van der Waals surface area (Å²) in [6, 6.07) is 0. The van der Waals surface area contributed by atoms with Crippen molar-refractivity contribution in [1.29, 1.82) is 0 Å². The average Bonchev–Trinajstić information content (AvgIpc) is 3.60. The summed E-state index contributed by atoms with van der Waals surface area (Å²) in [5.74, 6) is 0.838. The molecule has 9 rings (SSSR count). The smallest absolute Gasteiger partial charge is 0.187 e. The van der Waals surface area contributed by atoms with Crippen molar-refractivity contribution in [3.05, 3.63) is 11.6 Å². The quantitative estimate of drug-likeness (QED) is 0.157. The second-order valence-electron chi connectivity index (χ2n) is 21.2. The molecule has 8 fully saturated rings. The molecular formula is C45H72O17. The van der Waals surface area contributed by atoms with Gasteiger partial charge in [0.1, 0.15) is 66.6 Å². The zero-order valence-corrected chi connectivity index (χ0v) is 36.8. The van der Waals surface area contributed by atoms with Crippen LogP contribution < -0.4 is 0 Å². The zero-order chi connectivity index (χ0) is 44.4. The summed E-state index contributed by atoms with van der Waals surface area (Å²) in [5.41, 5.74) is 0.0317. The Bertz CT molecular complexity index is 1640. The molecule has 26 unspecified atom stereocenters. The Morgan fingerprint density at radius 2 is 1.34 bits per heavy atom. The third kappa shape index (κ3) is 7.05. The van der Waals surface area contributed by atoms with Crippen molar-refractivity contribution in [2.24, 2.45) is 40.4 Å². The van der Waals surface area contributed by atoms with E-state index in [-0.39, 0.29) is 29.0 Å². The number of fused-ring (bicyclic) bond motifs is 7. The monoisotopic (exact) mass is 884 g/mol. The largest absolute Gasteiger partial charge is 0.394 e.